The van der Waals surface area contributed by atoms with Gasteiger partial charge in [-0.1, -0.05) is 89.0 Å². The Kier molecular flexibility index (Phi) is 8.66. The molecule has 0 bridgehead atoms. The Labute approximate surface area is 220 Å². The molecule has 3 aromatic rings. The van der Waals surface area contributed by atoms with Gasteiger partial charge in [-0.3, -0.25) is 14.5 Å². The largest absolute Gasteiger partial charge is 0.301 e. The van der Waals surface area contributed by atoms with Gasteiger partial charge in [-0.2, -0.15) is 0 Å². The maximum atomic E-state index is 13.1. The predicted molar refractivity (Wildman–Crippen MR) is 145 cm³/mol. The Morgan fingerprint density at radius 1 is 1.23 bits per heavy atom. The average molecular weight is 545 g/mol. The summed E-state index contributed by atoms with van der Waals surface area (Å²) in [5, 5.41) is 11.4. The molecular formula is C24H21FN4O2S4. The number of benzene rings is 2. The van der Waals surface area contributed by atoms with Gasteiger partial charge < -0.3 is 5.32 Å². The van der Waals surface area contributed by atoms with Crippen LogP contribution in [0.15, 0.2) is 57.8 Å². The summed E-state index contributed by atoms with van der Waals surface area (Å²) in [5.41, 5.74) is 3.14. The SMILES string of the molecule is Cc1cccc(CSc2nnc(NC(=O)CCCN3C(=O)/C(=C/c4ccc(F)cc4)SC3=S)s2)c1. The van der Waals surface area contributed by atoms with E-state index in [0.717, 1.165) is 15.7 Å². The van der Waals surface area contributed by atoms with E-state index in [0.29, 0.717) is 27.3 Å². The lowest BCUT2D eigenvalue weighted by Gasteiger charge is -2.13. The van der Waals surface area contributed by atoms with E-state index in [9.17, 15) is 14.0 Å². The molecule has 180 valence electrons. The lowest BCUT2D eigenvalue weighted by molar-refractivity contribution is -0.122. The molecule has 0 radical (unpaired) electrons. The molecule has 4 rings (SSSR count). The summed E-state index contributed by atoms with van der Waals surface area (Å²) < 4.78 is 14.3. The van der Waals surface area contributed by atoms with Crippen molar-refractivity contribution in [2.75, 3.05) is 11.9 Å². The number of hydrogen-bond donors (Lipinski definition) is 1. The molecule has 0 atom stereocenters. The van der Waals surface area contributed by atoms with E-state index in [2.05, 4.69) is 40.6 Å². The minimum atomic E-state index is -0.334. The predicted octanol–water partition coefficient (Wildman–Crippen LogP) is 5.90. The summed E-state index contributed by atoms with van der Waals surface area (Å²) in [7, 11) is 0. The zero-order chi connectivity index (χ0) is 24.8. The van der Waals surface area contributed by atoms with Crippen molar-refractivity contribution in [3.8, 4) is 0 Å². The van der Waals surface area contributed by atoms with Crippen LogP contribution in [0, 0.1) is 12.7 Å². The monoisotopic (exact) mass is 544 g/mol. The lowest BCUT2D eigenvalue weighted by Crippen LogP contribution is -2.29. The summed E-state index contributed by atoms with van der Waals surface area (Å²) in [4.78, 5) is 27.0. The number of carbonyl (C=O) groups is 2. The first-order chi connectivity index (χ1) is 16.9. The van der Waals surface area contributed by atoms with E-state index in [4.69, 9.17) is 12.2 Å². The van der Waals surface area contributed by atoms with Gasteiger partial charge in [-0.25, -0.2) is 4.39 Å². The average Bonchev–Trinajstić information content (AvgIpc) is 3.38. The minimum absolute atomic E-state index is 0.191. The first-order valence-electron chi connectivity index (χ1n) is 10.7. The second-order valence-electron chi connectivity index (χ2n) is 7.69. The maximum absolute atomic E-state index is 13.1. The first-order valence-corrected chi connectivity index (χ1v) is 13.7. The summed E-state index contributed by atoms with van der Waals surface area (Å²) in [6, 6.07) is 14.2. The van der Waals surface area contributed by atoms with Gasteiger partial charge in [0.05, 0.1) is 4.91 Å². The summed E-state index contributed by atoms with van der Waals surface area (Å²) in [5.74, 6) is 0.0513. The molecule has 35 heavy (non-hydrogen) atoms. The number of carbonyl (C=O) groups excluding carboxylic acids is 2. The highest BCUT2D eigenvalue weighted by Gasteiger charge is 2.31. The zero-order valence-corrected chi connectivity index (χ0v) is 22.0. The highest BCUT2D eigenvalue weighted by Crippen LogP contribution is 2.33. The van der Waals surface area contributed by atoms with Gasteiger partial charge in [0.2, 0.25) is 11.0 Å². The van der Waals surface area contributed by atoms with Crippen molar-refractivity contribution in [2.45, 2.75) is 29.9 Å². The van der Waals surface area contributed by atoms with Gasteiger partial charge in [-0.05, 0) is 42.7 Å². The van der Waals surface area contributed by atoms with Crippen LogP contribution in [0.25, 0.3) is 6.08 Å². The molecular weight excluding hydrogens is 524 g/mol. The Bertz CT molecular complexity index is 1280. The fourth-order valence-corrected chi connectivity index (χ4v) is 6.27. The van der Waals surface area contributed by atoms with E-state index < -0.39 is 0 Å². The van der Waals surface area contributed by atoms with Crippen LogP contribution < -0.4 is 5.32 Å². The Morgan fingerprint density at radius 2 is 2.03 bits per heavy atom. The smallest absolute Gasteiger partial charge is 0.266 e. The standard InChI is InChI=1S/C24H21FN4O2S4/c1-15-4-2-5-17(12-15)14-33-23-28-27-22(35-23)26-20(30)6-3-11-29-21(31)19(34-24(29)32)13-16-7-9-18(25)10-8-16/h2,4-5,7-10,12-13H,3,6,11,14H2,1H3,(H,26,27,30)/b19-13-. The number of anilines is 1. The molecule has 0 aliphatic carbocycles. The molecule has 2 aromatic carbocycles. The summed E-state index contributed by atoms with van der Waals surface area (Å²) in [6.07, 6.45) is 2.37. The minimum Gasteiger partial charge on any atom is -0.301 e. The number of thiocarbonyl (C=S) groups is 1. The number of aromatic nitrogens is 2. The highest BCUT2D eigenvalue weighted by atomic mass is 32.2. The number of rotatable bonds is 9. The van der Waals surface area contributed by atoms with Gasteiger partial charge >= 0.3 is 0 Å². The lowest BCUT2D eigenvalue weighted by atomic mass is 10.2. The zero-order valence-electron chi connectivity index (χ0n) is 18.7. The van der Waals surface area contributed by atoms with E-state index in [1.165, 1.54) is 51.3 Å². The fraction of sp³-hybridized carbons (Fsp3) is 0.208. The van der Waals surface area contributed by atoms with Crippen molar-refractivity contribution in [2.24, 2.45) is 0 Å². The topological polar surface area (TPSA) is 75.2 Å². The molecule has 0 saturated carbocycles. The molecule has 1 aromatic heterocycles. The third-order valence-corrected chi connectivity index (χ3v) is 8.35. The molecule has 11 heteroatoms. The van der Waals surface area contributed by atoms with Gasteiger partial charge in [0.25, 0.3) is 5.91 Å². The van der Waals surface area contributed by atoms with Crippen LogP contribution in [-0.2, 0) is 15.3 Å². The van der Waals surface area contributed by atoms with Crippen molar-refractivity contribution in [1.29, 1.82) is 0 Å². The second-order valence-corrected chi connectivity index (χ2v) is 11.6. The van der Waals surface area contributed by atoms with E-state index >= 15 is 0 Å². The fourth-order valence-electron chi connectivity index (χ4n) is 3.25. The van der Waals surface area contributed by atoms with Crippen LogP contribution in [0.5, 0.6) is 0 Å². The number of nitrogens with one attached hydrogen (secondary N) is 1. The number of thioether (sulfide) groups is 2. The Hall–Kier alpha value is -2.60. The summed E-state index contributed by atoms with van der Waals surface area (Å²) in [6.45, 7) is 2.40. The molecule has 2 heterocycles. The number of halogens is 1. The van der Waals surface area contributed by atoms with Gasteiger partial charge in [-0.15, -0.1) is 10.2 Å². The normalized spacial score (nSPS) is 14.7. The molecule has 1 N–H and O–H groups in total. The van der Waals surface area contributed by atoms with Crippen molar-refractivity contribution in [3.05, 3.63) is 75.9 Å². The van der Waals surface area contributed by atoms with Crippen molar-refractivity contribution in [3.63, 3.8) is 0 Å². The van der Waals surface area contributed by atoms with Crippen LogP contribution in [0.4, 0.5) is 9.52 Å². The molecule has 0 unspecified atom stereocenters. The molecule has 2 amide bonds. The van der Waals surface area contributed by atoms with Crippen molar-refractivity contribution in [1.82, 2.24) is 15.1 Å². The second kappa shape index (κ2) is 11.9. The molecule has 1 aliphatic heterocycles. The molecule has 6 nitrogen and oxygen atoms in total. The maximum Gasteiger partial charge on any atom is 0.266 e. The van der Waals surface area contributed by atoms with Crippen LogP contribution in [-0.4, -0.2) is 37.8 Å². The molecule has 0 spiro atoms. The van der Waals surface area contributed by atoms with Gasteiger partial charge in [0.1, 0.15) is 10.1 Å². The van der Waals surface area contributed by atoms with Crippen molar-refractivity contribution >= 4 is 74.4 Å². The molecule has 1 fully saturated rings. The van der Waals surface area contributed by atoms with Gasteiger partial charge in [0.15, 0.2) is 4.34 Å². The number of aryl methyl sites for hydroxylation is 1. The third-order valence-electron chi connectivity index (χ3n) is 4.92. The molecule has 1 saturated heterocycles. The van der Waals surface area contributed by atoms with Crippen LogP contribution in [0.3, 0.4) is 0 Å². The van der Waals surface area contributed by atoms with Crippen molar-refractivity contribution < 1.29 is 14.0 Å². The van der Waals surface area contributed by atoms with Crippen LogP contribution in [0.1, 0.15) is 29.5 Å². The Morgan fingerprint density at radius 3 is 2.80 bits per heavy atom. The summed E-state index contributed by atoms with van der Waals surface area (Å²) >= 11 is 9.45. The highest BCUT2D eigenvalue weighted by molar-refractivity contribution is 8.26. The van der Waals surface area contributed by atoms with E-state index in [1.54, 1.807) is 30.0 Å². The Balaban J connectivity index is 1.22. The van der Waals surface area contributed by atoms with Crippen LogP contribution >= 0.6 is 47.1 Å². The van der Waals surface area contributed by atoms with Crippen LogP contribution in [0.2, 0.25) is 0 Å². The number of amides is 2. The van der Waals surface area contributed by atoms with Gasteiger partial charge in [0, 0.05) is 18.7 Å². The third kappa shape index (κ3) is 7.20. The van der Waals surface area contributed by atoms with E-state index in [1.807, 2.05) is 6.07 Å². The quantitative estimate of drug-likeness (QED) is 0.156. The number of hydrogen-bond acceptors (Lipinski definition) is 8. The van der Waals surface area contributed by atoms with E-state index in [-0.39, 0.29) is 24.1 Å². The first kappa shape index (κ1) is 25.5. The number of nitrogens with zero attached hydrogens (tertiary/aromatic N) is 3. The molecule has 1 aliphatic rings.